The van der Waals surface area contributed by atoms with Gasteiger partial charge in [-0.3, -0.25) is 4.79 Å². The van der Waals surface area contributed by atoms with E-state index in [0.29, 0.717) is 0 Å². The van der Waals surface area contributed by atoms with Gasteiger partial charge in [-0.25, -0.2) is 0 Å². The van der Waals surface area contributed by atoms with Crippen LogP contribution in [0.5, 0.6) is 0 Å². The molecule has 0 saturated heterocycles. The molecule has 0 bridgehead atoms. The molecule has 1 amide bonds. The predicted octanol–water partition coefficient (Wildman–Crippen LogP) is 1.32. The third-order valence-electron chi connectivity index (χ3n) is 1.79. The number of carbonyl (C=O) groups excluding carboxylic acids is 1. The van der Waals surface area contributed by atoms with Crippen molar-refractivity contribution in [2.45, 2.75) is 6.42 Å². The van der Waals surface area contributed by atoms with Crippen LogP contribution in [0.25, 0.3) is 10.9 Å². The Bertz CT molecular complexity index is 450. The number of fused-ring (bicyclic) bond motifs is 1. The van der Waals surface area contributed by atoms with Crippen molar-refractivity contribution >= 4 is 28.3 Å². The number of primary amides is 1. The summed E-state index contributed by atoms with van der Waals surface area (Å²) in [6, 6.07) is 7.74. The van der Waals surface area contributed by atoms with E-state index in [-0.39, 0.29) is 12.3 Å². The monoisotopic (exact) mass is 192 g/mol. The molecule has 0 aliphatic rings. The van der Waals surface area contributed by atoms with Crippen LogP contribution >= 0.6 is 11.5 Å². The summed E-state index contributed by atoms with van der Waals surface area (Å²) in [7, 11) is 0. The lowest BCUT2D eigenvalue weighted by Crippen LogP contribution is -2.12. The van der Waals surface area contributed by atoms with E-state index < -0.39 is 0 Å². The summed E-state index contributed by atoms with van der Waals surface area (Å²) in [6.07, 6.45) is 0.283. The smallest absolute Gasteiger partial charge is 0.222 e. The van der Waals surface area contributed by atoms with Crippen LogP contribution in [-0.2, 0) is 11.2 Å². The van der Waals surface area contributed by atoms with Crippen molar-refractivity contribution in [3.8, 4) is 0 Å². The van der Waals surface area contributed by atoms with Crippen molar-refractivity contribution in [1.29, 1.82) is 0 Å². The number of benzene rings is 1. The lowest BCUT2D eigenvalue weighted by atomic mass is 10.2. The lowest BCUT2D eigenvalue weighted by Gasteiger charge is -1.91. The number of hydrogen-bond donors (Lipinski definition) is 1. The summed E-state index contributed by atoms with van der Waals surface area (Å²) >= 11 is 1.34. The fraction of sp³-hybridized carbons (Fsp3) is 0.111. The molecule has 2 N–H and O–H groups in total. The molecule has 66 valence electrons. The Morgan fingerprint density at radius 1 is 1.46 bits per heavy atom. The number of aromatic nitrogens is 1. The molecule has 0 unspecified atom stereocenters. The molecule has 13 heavy (non-hydrogen) atoms. The van der Waals surface area contributed by atoms with Gasteiger partial charge in [0.15, 0.2) is 0 Å². The van der Waals surface area contributed by atoms with E-state index in [9.17, 15) is 4.79 Å². The summed E-state index contributed by atoms with van der Waals surface area (Å²) < 4.78 is 4.21. The van der Waals surface area contributed by atoms with Gasteiger partial charge >= 0.3 is 0 Å². The molecule has 3 nitrogen and oxygen atoms in total. The second kappa shape index (κ2) is 3.14. The van der Waals surface area contributed by atoms with E-state index in [4.69, 9.17) is 5.73 Å². The Morgan fingerprint density at radius 3 is 3.00 bits per heavy atom. The maximum Gasteiger partial charge on any atom is 0.222 e. The van der Waals surface area contributed by atoms with Gasteiger partial charge in [0, 0.05) is 10.3 Å². The molecule has 2 rings (SSSR count). The van der Waals surface area contributed by atoms with Crippen LogP contribution in [0.3, 0.4) is 0 Å². The fourth-order valence-corrected chi connectivity index (χ4v) is 2.07. The number of amides is 1. The summed E-state index contributed by atoms with van der Waals surface area (Å²) in [4.78, 5) is 11.7. The standard InChI is InChI=1S/C9H8N2OS/c10-9(12)5-8-6-3-1-2-4-7(6)11-13-8/h1-4H,5H2,(H2,10,12). The second-order valence-corrected chi connectivity index (χ2v) is 3.62. The van der Waals surface area contributed by atoms with E-state index in [1.807, 2.05) is 24.3 Å². The van der Waals surface area contributed by atoms with Gasteiger partial charge in [-0.1, -0.05) is 18.2 Å². The predicted molar refractivity (Wildman–Crippen MR) is 52.5 cm³/mol. The van der Waals surface area contributed by atoms with Crippen LogP contribution in [0.1, 0.15) is 4.88 Å². The summed E-state index contributed by atoms with van der Waals surface area (Å²) in [5.74, 6) is -0.311. The molecule has 0 aliphatic heterocycles. The maximum atomic E-state index is 10.7. The number of nitrogens with zero attached hydrogens (tertiary/aromatic N) is 1. The van der Waals surface area contributed by atoms with Crippen LogP contribution in [0.4, 0.5) is 0 Å². The Hall–Kier alpha value is -1.42. The highest BCUT2D eigenvalue weighted by atomic mass is 32.1. The average Bonchev–Trinajstić information content (AvgIpc) is 2.48. The third-order valence-corrected chi connectivity index (χ3v) is 2.67. The van der Waals surface area contributed by atoms with Gasteiger partial charge in [0.25, 0.3) is 0 Å². The number of nitrogens with two attached hydrogens (primary N) is 1. The lowest BCUT2D eigenvalue weighted by molar-refractivity contribution is -0.117. The van der Waals surface area contributed by atoms with E-state index >= 15 is 0 Å². The SMILES string of the molecule is NC(=O)Cc1snc2ccccc12. The highest BCUT2D eigenvalue weighted by Gasteiger charge is 2.06. The molecule has 0 aliphatic carbocycles. The zero-order valence-electron chi connectivity index (χ0n) is 6.86. The number of rotatable bonds is 2. The van der Waals surface area contributed by atoms with Gasteiger partial charge < -0.3 is 5.73 Å². The molecular formula is C9H8N2OS. The Labute approximate surface area is 79.3 Å². The quantitative estimate of drug-likeness (QED) is 0.780. The Kier molecular flexibility index (Phi) is 1.98. The summed E-state index contributed by atoms with van der Waals surface area (Å²) in [5.41, 5.74) is 6.05. The minimum Gasteiger partial charge on any atom is -0.369 e. The van der Waals surface area contributed by atoms with Crippen LogP contribution in [0.2, 0.25) is 0 Å². The highest BCUT2D eigenvalue weighted by Crippen LogP contribution is 2.21. The molecule has 0 radical (unpaired) electrons. The molecule has 0 atom stereocenters. The van der Waals surface area contributed by atoms with Crippen LogP contribution in [0, 0.1) is 0 Å². The average molecular weight is 192 g/mol. The van der Waals surface area contributed by atoms with E-state index in [1.165, 1.54) is 11.5 Å². The normalized spacial score (nSPS) is 10.5. The topological polar surface area (TPSA) is 56.0 Å². The van der Waals surface area contributed by atoms with Crippen molar-refractivity contribution in [2.24, 2.45) is 5.73 Å². The Balaban J connectivity index is 2.51. The molecule has 1 aromatic heterocycles. The molecule has 0 fully saturated rings. The number of hydrogen-bond acceptors (Lipinski definition) is 3. The third kappa shape index (κ3) is 1.53. The van der Waals surface area contributed by atoms with Gasteiger partial charge in [0.2, 0.25) is 5.91 Å². The fourth-order valence-electron chi connectivity index (χ4n) is 1.23. The van der Waals surface area contributed by atoms with Gasteiger partial charge in [-0.05, 0) is 17.6 Å². The van der Waals surface area contributed by atoms with Crippen LogP contribution < -0.4 is 5.73 Å². The van der Waals surface area contributed by atoms with Crippen LogP contribution in [-0.4, -0.2) is 10.3 Å². The van der Waals surface area contributed by atoms with Crippen LogP contribution in [0.15, 0.2) is 24.3 Å². The van der Waals surface area contributed by atoms with E-state index in [2.05, 4.69) is 4.37 Å². The van der Waals surface area contributed by atoms with Gasteiger partial charge in [-0.2, -0.15) is 4.37 Å². The molecule has 0 spiro atoms. The van der Waals surface area contributed by atoms with E-state index in [0.717, 1.165) is 15.8 Å². The second-order valence-electron chi connectivity index (χ2n) is 2.77. The van der Waals surface area contributed by atoms with E-state index in [1.54, 1.807) is 0 Å². The first-order chi connectivity index (χ1) is 6.27. The minimum absolute atomic E-state index is 0.283. The van der Waals surface area contributed by atoms with Gasteiger partial charge in [0.05, 0.1) is 11.9 Å². The van der Waals surface area contributed by atoms with Gasteiger partial charge in [-0.15, -0.1) is 0 Å². The maximum absolute atomic E-state index is 10.7. The molecule has 0 saturated carbocycles. The zero-order valence-corrected chi connectivity index (χ0v) is 7.67. The summed E-state index contributed by atoms with van der Waals surface area (Å²) in [5, 5.41) is 1.03. The molecule has 1 aromatic carbocycles. The van der Waals surface area contributed by atoms with Crippen molar-refractivity contribution < 1.29 is 4.79 Å². The van der Waals surface area contributed by atoms with Crippen molar-refractivity contribution in [3.63, 3.8) is 0 Å². The van der Waals surface area contributed by atoms with Gasteiger partial charge in [0.1, 0.15) is 0 Å². The number of carbonyl (C=O) groups is 1. The zero-order chi connectivity index (χ0) is 9.26. The van der Waals surface area contributed by atoms with Crippen molar-refractivity contribution in [1.82, 2.24) is 4.37 Å². The molecule has 2 aromatic rings. The van der Waals surface area contributed by atoms with Crippen molar-refractivity contribution in [3.05, 3.63) is 29.1 Å². The first-order valence-corrected chi connectivity index (χ1v) is 4.66. The minimum atomic E-state index is -0.311. The Morgan fingerprint density at radius 2 is 2.23 bits per heavy atom. The first kappa shape index (κ1) is 8.19. The summed E-state index contributed by atoms with van der Waals surface area (Å²) in [6.45, 7) is 0. The highest BCUT2D eigenvalue weighted by molar-refractivity contribution is 7.07. The largest absolute Gasteiger partial charge is 0.369 e. The first-order valence-electron chi connectivity index (χ1n) is 3.89. The molecular weight excluding hydrogens is 184 g/mol. The molecule has 1 heterocycles. The van der Waals surface area contributed by atoms with Crippen molar-refractivity contribution in [2.75, 3.05) is 0 Å². The molecule has 4 heteroatoms.